The van der Waals surface area contributed by atoms with Crippen molar-refractivity contribution in [3.8, 4) is 0 Å². The molecule has 0 bridgehead atoms. The standard InChI is InChI=1S/C18H22N4O2/c23-18(20-24)9-6-15-4-7-16(8-5-15)17-3-1-11-21(17)13-14-22-12-2-10-19-22/h2,4-10,12,17,24H,1,3,11,13-14H2,(H,20,23). The Labute approximate surface area is 141 Å². The fraction of sp³-hybridized carbons (Fsp3) is 0.333. The smallest absolute Gasteiger partial charge is 0.267 e. The van der Waals surface area contributed by atoms with Crippen LogP contribution in [0.2, 0.25) is 0 Å². The maximum absolute atomic E-state index is 11.0. The predicted octanol–water partition coefficient (Wildman–Crippen LogP) is 2.24. The van der Waals surface area contributed by atoms with E-state index in [1.54, 1.807) is 11.6 Å². The normalized spacial score (nSPS) is 18.3. The molecule has 1 fully saturated rings. The summed E-state index contributed by atoms with van der Waals surface area (Å²) in [5.41, 5.74) is 3.82. The molecule has 24 heavy (non-hydrogen) atoms. The van der Waals surface area contributed by atoms with E-state index in [-0.39, 0.29) is 0 Å². The van der Waals surface area contributed by atoms with Gasteiger partial charge in [-0.25, -0.2) is 5.48 Å². The van der Waals surface area contributed by atoms with Crippen LogP contribution in [-0.2, 0) is 11.3 Å². The molecule has 6 nitrogen and oxygen atoms in total. The maximum Gasteiger partial charge on any atom is 0.267 e. The summed E-state index contributed by atoms with van der Waals surface area (Å²) in [4.78, 5) is 13.5. The molecule has 126 valence electrons. The van der Waals surface area contributed by atoms with E-state index in [4.69, 9.17) is 5.21 Å². The fourth-order valence-electron chi connectivity index (χ4n) is 3.17. The molecule has 1 atom stereocenters. The molecule has 6 heteroatoms. The minimum atomic E-state index is -0.528. The van der Waals surface area contributed by atoms with Gasteiger partial charge in [0.2, 0.25) is 0 Å². The van der Waals surface area contributed by atoms with E-state index < -0.39 is 5.91 Å². The quantitative estimate of drug-likeness (QED) is 0.485. The van der Waals surface area contributed by atoms with Gasteiger partial charge < -0.3 is 0 Å². The van der Waals surface area contributed by atoms with Crippen LogP contribution in [0.1, 0.15) is 30.0 Å². The van der Waals surface area contributed by atoms with Crippen molar-refractivity contribution in [3.63, 3.8) is 0 Å². The Morgan fingerprint density at radius 1 is 1.33 bits per heavy atom. The van der Waals surface area contributed by atoms with Gasteiger partial charge in [-0.05, 0) is 42.7 Å². The molecule has 1 aromatic heterocycles. The molecule has 0 spiro atoms. The number of carbonyl (C=O) groups excluding carboxylic acids is 1. The summed E-state index contributed by atoms with van der Waals surface area (Å²) in [5, 5.41) is 12.7. The second-order valence-electron chi connectivity index (χ2n) is 5.94. The molecule has 2 heterocycles. The van der Waals surface area contributed by atoms with Gasteiger partial charge in [-0.3, -0.25) is 19.6 Å². The SMILES string of the molecule is O=C(C=Cc1ccc(C2CCCN2CCn2cccn2)cc1)NO. The molecule has 1 aliphatic rings. The summed E-state index contributed by atoms with van der Waals surface area (Å²) in [7, 11) is 0. The molecular weight excluding hydrogens is 304 g/mol. The van der Waals surface area contributed by atoms with Gasteiger partial charge in [0.15, 0.2) is 0 Å². The molecule has 1 aliphatic heterocycles. The van der Waals surface area contributed by atoms with Crippen molar-refractivity contribution < 1.29 is 10.0 Å². The summed E-state index contributed by atoms with van der Waals surface area (Å²) in [6.45, 7) is 3.01. The van der Waals surface area contributed by atoms with Crippen LogP contribution in [0.25, 0.3) is 6.08 Å². The van der Waals surface area contributed by atoms with Gasteiger partial charge in [-0.15, -0.1) is 0 Å². The van der Waals surface area contributed by atoms with Gasteiger partial charge in [0.25, 0.3) is 5.91 Å². The third kappa shape index (κ3) is 4.10. The number of rotatable bonds is 6. The topological polar surface area (TPSA) is 70.4 Å². The second-order valence-corrected chi connectivity index (χ2v) is 5.94. The monoisotopic (exact) mass is 326 g/mol. The number of carbonyl (C=O) groups is 1. The minimum absolute atomic E-state index is 0.444. The molecule has 1 unspecified atom stereocenters. The van der Waals surface area contributed by atoms with Crippen LogP contribution < -0.4 is 5.48 Å². The van der Waals surface area contributed by atoms with E-state index in [1.807, 2.05) is 35.3 Å². The third-order valence-corrected chi connectivity index (χ3v) is 4.40. The van der Waals surface area contributed by atoms with E-state index in [9.17, 15) is 4.79 Å². The van der Waals surface area contributed by atoms with Crippen LogP contribution in [0.4, 0.5) is 0 Å². The number of amides is 1. The third-order valence-electron chi connectivity index (χ3n) is 4.40. The molecule has 2 N–H and O–H groups in total. The minimum Gasteiger partial charge on any atom is -0.294 e. The average Bonchev–Trinajstić information content (AvgIpc) is 3.29. The number of hydroxylamine groups is 1. The Balaban J connectivity index is 1.62. The van der Waals surface area contributed by atoms with Crippen LogP contribution in [0.5, 0.6) is 0 Å². The van der Waals surface area contributed by atoms with Gasteiger partial charge in [0.1, 0.15) is 0 Å². The van der Waals surface area contributed by atoms with E-state index in [1.165, 1.54) is 24.5 Å². The number of hydrogen-bond donors (Lipinski definition) is 2. The Kier molecular flexibility index (Phi) is 5.40. The number of benzene rings is 1. The largest absolute Gasteiger partial charge is 0.294 e. The lowest BCUT2D eigenvalue weighted by atomic mass is 10.0. The Morgan fingerprint density at radius 2 is 2.17 bits per heavy atom. The lowest BCUT2D eigenvalue weighted by Crippen LogP contribution is -2.27. The highest BCUT2D eigenvalue weighted by Gasteiger charge is 2.25. The van der Waals surface area contributed by atoms with Crippen molar-refractivity contribution >= 4 is 12.0 Å². The molecule has 1 aromatic carbocycles. The van der Waals surface area contributed by atoms with Crippen LogP contribution >= 0.6 is 0 Å². The maximum atomic E-state index is 11.0. The Hall–Kier alpha value is -2.44. The zero-order valence-corrected chi connectivity index (χ0v) is 13.5. The predicted molar refractivity (Wildman–Crippen MR) is 91.2 cm³/mol. The van der Waals surface area contributed by atoms with Crippen LogP contribution in [-0.4, -0.2) is 38.9 Å². The number of nitrogens with zero attached hydrogens (tertiary/aromatic N) is 3. The number of hydrogen-bond acceptors (Lipinski definition) is 4. The second kappa shape index (κ2) is 7.90. The zero-order valence-electron chi connectivity index (χ0n) is 13.5. The number of likely N-dealkylation sites (tertiary alicyclic amines) is 1. The van der Waals surface area contributed by atoms with Crippen LogP contribution in [0.3, 0.4) is 0 Å². The van der Waals surface area contributed by atoms with Gasteiger partial charge in [-0.2, -0.15) is 5.10 Å². The summed E-state index contributed by atoms with van der Waals surface area (Å²) in [6.07, 6.45) is 9.17. The molecular formula is C18H22N4O2. The summed E-state index contributed by atoms with van der Waals surface area (Å²) >= 11 is 0. The van der Waals surface area contributed by atoms with E-state index in [0.717, 1.165) is 25.2 Å². The first-order valence-electron chi connectivity index (χ1n) is 8.20. The summed E-state index contributed by atoms with van der Waals surface area (Å²) in [5.74, 6) is -0.528. The van der Waals surface area contributed by atoms with Crippen molar-refractivity contribution in [2.45, 2.75) is 25.4 Å². The zero-order chi connectivity index (χ0) is 16.8. The van der Waals surface area contributed by atoms with Crippen molar-refractivity contribution in [1.29, 1.82) is 0 Å². The van der Waals surface area contributed by atoms with Crippen molar-refractivity contribution in [3.05, 3.63) is 59.9 Å². The number of aromatic nitrogens is 2. The molecule has 0 saturated carbocycles. The molecule has 2 aromatic rings. The first kappa shape index (κ1) is 16.4. The van der Waals surface area contributed by atoms with Crippen molar-refractivity contribution in [2.75, 3.05) is 13.1 Å². The first-order valence-corrected chi connectivity index (χ1v) is 8.20. The van der Waals surface area contributed by atoms with E-state index in [0.29, 0.717) is 6.04 Å². The lowest BCUT2D eigenvalue weighted by molar-refractivity contribution is -0.124. The Morgan fingerprint density at radius 3 is 2.88 bits per heavy atom. The highest BCUT2D eigenvalue weighted by Crippen LogP contribution is 2.31. The summed E-state index contributed by atoms with van der Waals surface area (Å²) < 4.78 is 1.97. The molecule has 0 aliphatic carbocycles. The van der Waals surface area contributed by atoms with Crippen molar-refractivity contribution in [2.24, 2.45) is 0 Å². The number of nitrogens with one attached hydrogen (secondary N) is 1. The Bertz CT molecular complexity index is 680. The van der Waals surface area contributed by atoms with Gasteiger partial charge in [0, 0.05) is 31.1 Å². The average molecular weight is 326 g/mol. The molecule has 3 rings (SSSR count). The highest BCUT2D eigenvalue weighted by molar-refractivity contribution is 5.90. The highest BCUT2D eigenvalue weighted by atomic mass is 16.5. The fourth-order valence-corrected chi connectivity index (χ4v) is 3.17. The van der Waals surface area contributed by atoms with E-state index >= 15 is 0 Å². The van der Waals surface area contributed by atoms with Gasteiger partial charge in [0.05, 0.1) is 6.54 Å². The molecule has 0 radical (unpaired) electrons. The summed E-state index contributed by atoms with van der Waals surface area (Å²) in [6, 6.07) is 10.6. The lowest BCUT2D eigenvalue weighted by Gasteiger charge is -2.24. The van der Waals surface area contributed by atoms with Crippen molar-refractivity contribution in [1.82, 2.24) is 20.2 Å². The van der Waals surface area contributed by atoms with Gasteiger partial charge in [-0.1, -0.05) is 24.3 Å². The van der Waals surface area contributed by atoms with Crippen LogP contribution in [0, 0.1) is 0 Å². The molecule has 1 saturated heterocycles. The first-order chi connectivity index (χ1) is 11.8. The van der Waals surface area contributed by atoms with E-state index in [2.05, 4.69) is 22.1 Å². The van der Waals surface area contributed by atoms with Crippen LogP contribution in [0.15, 0.2) is 48.8 Å². The van der Waals surface area contributed by atoms with Gasteiger partial charge >= 0.3 is 0 Å². The molecule has 1 amide bonds.